The molecule has 33 heavy (non-hydrogen) atoms. The summed E-state index contributed by atoms with van der Waals surface area (Å²) in [5, 5.41) is 9.11. The minimum absolute atomic E-state index is 0.168. The minimum Gasteiger partial charge on any atom is -0.495 e. The van der Waals surface area contributed by atoms with Crippen molar-refractivity contribution in [2.45, 2.75) is 37.3 Å². The number of alkyl halides is 2. The lowest BCUT2D eigenvalue weighted by Gasteiger charge is -2.32. The number of anilines is 1. The predicted molar refractivity (Wildman–Crippen MR) is 130 cm³/mol. The summed E-state index contributed by atoms with van der Waals surface area (Å²) in [4.78, 5) is 13.6. The first-order valence-corrected chi connectivity index (χ1v) is 11.2. The number of benzene rings is 2. The maximum atomic E-state index is 14.2. The molecule has 1 aliphatic heterocycles. The van der Waals surface area contributed by atoms with Gasteiger partial charge in [0.05, 0.1) is 30.8 Å². The number of methoxy groups -OCH3 is 1. The van der Waals surface area contributed by atoms with E-state index in [2.05, 4.69) is 0 Å². The fourth-order valence-electron chi connectivity index (χ4n) is 3.77. The van der Waals surface area contributed by atoms with Gasteiger partial charge in [0, 0.05) is 11.1 Å². The molecule has 2 aromatic rings. The fraction of sp³-hybridized carbons (Fsp3) is 0.364. The van der Waals surface area contributed by atoms with Gasteiger partial charge in [-0.25, -0.2) is 4.39 Å². The van der Waals surface area contributed by atoms with Gasteiger partial charge in [-0.3, -0.25) is 10.2 Å². The first-order valence-electron chi connectivity index (χ1n) is 10.3. The highest BCUT2D eigenvalue weighted by Gasteiger charge is 2.40. The van der Waals surface area contributed by atoms with Gasteiger partial charge in [-0.15, -0.1) is 0 Å². The third-order valence-corrected chi connectivity index (χ3v) is 5.96. The molecule has 3 N–H and O–H groups in total. The van der Waals surface area contributed by atoms with Gasteiger partial charge in [0.1, 0.15) is 37.8 Å². The molecule has 1 heterocycles. The Balaban J connectivity index is 2.23. The third kappa shape index (κ3) is 5.27. The Hall–Kier alpha value is -2.33. The number of rotatable bonds is 7. The average molecular weight is 496 g/mol. The number of hydrogen-bond donors (Lipinski definition) is 2. The van der Waals surface area contributed by atoms with E-state index in [1.165, 1.54) is 12.0 Å². The first kappa shape index (κ1) is 25.3. The summed E-state index contributed by atoms with van der Waals surface area (Å²) in [7, 11) is 3.39. The van der Waals surface area contributed by atoms with Gasteiger partial charge < -0.3 is 24.8 Å². The van der Waals surface area contributed by atoms with Crippen molar-refractivity contribution < 1.29 is 23.4 Å². The number of esters is 1. The van der Waals surface area contributed by atoms with Crippen molar-refractivity contribution in [3.63, 3.8) is 0 Å². The fourth-order valence-corrected chi connectivity index (χ4v) is 4.18. The number of halogens is 3. The topological polar surface area (TPSA) is 97.9 Å². The van der Waals surface area contributed by atoms with Crippen LogP contribution in [0.5, 0.6) is 5.75 Å². The van der Waals surface area contributed by atoms with Crippen molar-refractivity contribution in [3.8, 4) is 5.75 Å². The summed E-state index contributed by atoms with van der Waals surface area (Å²) in [6.07, 6.45) is -3.59. The molecule has 2 unspecified atom stereocenters. The van der Waals surface area contributed by atoms with Crippen molar-refractivity contribution in [2.75, 3.05) is 18.6 Å². The van der Waals surface area contributed by atoms with Crippen LogP contribution in [0, 0.1) is 5.41 Å². The zero-order chi connectivity index (χ0) is 24.3. The second-order valence-electron chi connectivity index (χ2n) is 7.52. The molecule has 7 nitrogen and oxygen atoms in total. The molecule has 176 valence electrons. The number of carbonyl (C=O) groups excluding carboxylic acids is 1. The lowest BCUT2D eigenvalue weighted by Crippen LogP contribution is -2.53. The van der Waals surface area contributed by atoms with E-state index in [1.54, 1.807) is 31.2 Å². The molecule has 3 rings (SSSR count). The van der Waals surface area contributed by atoms with Crippen molar-refractivity contribution in [3.05, 3.63) is 52.5 Å². The number of carbonyl (C=O) groups is 1. The van der Waals surface area contributed by atoms with Crippen LogP contribution in [-0.4, -0.2) is 51.3 Å². The van der Waals surface area contributed by atoms with Crippen LogP contribution in [-0.2, 0) is 14.3 Å². The normalized spacial score (nSPS) is 19.9. The third-order valence-electron chi connectivity index (χ3n) is 5.30. The van der Waals surface area contributed by atoms with Crippen LogP contribution in [0.4, 0.5) is 10.1 Å². The molecule has 0 saturated heterocycles. The Morgan fingerprint density at radius 3 is 2.73 bits per heavy atom. The molecule has 0 spiro atoms. The monoisotopic (exact) mass is 495 g/mol. The number of nitrogens with two attached hydrogens (primary N) is 1. The van der Waals surface area contributed by atoms with Crippen molar-refractivity contribution in [1.82, 2.24) is 0 Å². The number of nitrogens with one attached hydrogen (secondary N) is 1. The Morgan fingerprint density at radius 2 is 2.09 bits per heavy atom. The first-order chi connectivity index (χ1) is 15.7. The zero-order valence-corrected chi connectivity index (χ0v) is 20.0. The van der Waals surface area contributed by atoms with Crippen LogP contribution >= 0.6 is 23.2 Å². The highest BCUT2D eigenvalue weighted by Crippen LogP contribution is 2.43. The number of fused-ring (bicyclic) bond motifs is 1. The van der Waals surface area contributed by atoms with E-state index in [-0.39, 0.29) is 18.9 Å². The van der Waals surface area contributed by atoms with E-state index < -0.39 is 30.0 Å². The SMILES string of the molecule is Bc1ccc2c(c1)[C@@H](c1cccc(OC)c1Cl)O[C@H](CC(=O)OCC)C(=N)N2C(N)C(F)Cl. The van der Waals surface area contributed by atoms with Gasteiger partial charge in [-0.2, -0.15) is 0 Å². The summed E-state index contributed by atoms with van der Waals surface area (Å²) in [5.41, 5.74) is 6.56. The highest BCUT2D eigenvalue weighted by atomic mass is 35.5. The van der Waals surface area contributed by atoms with Gasteiger partial charge in [-0.05, 0) is 19.1 Å². The van der Waals surface area contributed by atoms with Crippen molar-refractivity contribution in [2.24, 2.45) is 5.73 Å². The molecule has 0 bridgehead atoms. The quantitative estimate of drug-likeness (QED) is 0.348. The Kier molecular flexibility index (Phi) is 8.23. The highest BCUT2D eigenvalue weighted by molar-refractivity contribution is 6.33. The van der Waals surface area contributed by atoms with E-state index in [1.807, 2.05) is 20.0 Å². The lowest BCUT2D eigenvalue weighted by atomic mass is 9.89. The van der Waals surface area contributed by atoms with Crippen LogP contribution in [0.3, 0.4) is 0 Å². The van der Waals surface area contributed by atoms with Crippen molar-refractivity contribution >= 4 is 54.0 Å². The second-order valence-corrected chi connectivity index (χ2v) is 8.31. The minimum atomic E-state index is -1.99. The predicted octanol–water partition coefficient (Wildman–Crippen LogP) is 2.65. The van der Waals surface area contributed by atoms with E-state index in [4.69, 9.17) is 48.6 Å². The maximum absolute atomic E-state index is 14.2. The smallest absolute Gasteiger partial charge is 0.308 e. The molecule has 0 aromatic heterocycles. The van der Waals surface area contributed by atoms with Crippen LogP contribution in [0.25, 0.3) is 0 Å². The molecular formula is C22H25BCl2FN3O4. The molecule has 4 atom stereocenters. The number of nitrogens with zero attached hydrogens (tertiary/aromatic N) is 1. The van der Waals surface area contributed by atoms with Gasteiger partial charge in [0.15, 0.2) is 0 Å². The summed E-state index contributed by atoms with van der Waals surface area (Å²) in [6, 6.07) is 10.6. The molecule has 0 amide bonds. The van der Waals surface area contributed by atoms with Gasteiger partial charge >= 0.3 is 5.97 Å². The van der Waals surface area contributed by atoms with Crippen LogP contribution < -0.4 is 20.8 Å². The second kappa shape index (κ2) is 10.7. The number of hydrogen-bond acceptors (Lipinski definition) is 6. The standard InChI is InChI=1S/C22H25BCl2FN3O4/c1-3-32-17(30)10-16-21(27)29(22(28)20(25)26)14-8-7-11(23)9-13(14)19(33-16)12-5-4-6-15(31-2)18(12)24/h4-9,16,19-20,22,27H,3,10,23,28H2,1-2H3/t16-,19-,20?,22?/m1/s1. The average Bonchev–Trinajstić information content (AvgIpc) is 2.88. The van der Waals surface area contributed by atoms with E-state index >= 15 is 0 Å². The van der Waals surface area contributed by atoms with Gasteiger partial charge in [-0.1, -0.05) is 52.9 Å². The van der Waals surface area contributed by atoms with Gasteiger partial charge in [0.25, 0.3) is 0 Å². The molecule has 0 fully saturated rings. The number of amidine groups is 1. The Morgan fingerprint density at radius 1 is 1.36 bits per heavy atom. The molecule has 0 saturated carbocycles. The molecular weight excluding hydrogens is 471 g/mol. The molecule has 2 aromatic carbocycles. The zero-order valence-electron chi connectivity index (χ0n) is 18.5. The summed E-state index contributed by atoms with van der Waals surface area (Å²) in [6.45, 7) is 1.85. The lowest BCUT2D eigenvalue weighted by molar-refractivity contribution is -0.145. The maximum Gasteiger partial charge on any atom is 0.308 e. The van der Waals surface area contributed by atoms with E-state index in [0.29, 0.717) is 27.6 Å². The van der Waals surface area contributed by atoms with Crippen molar-refractivity contribution in [1.29, 1.82) is 5.41 Å². The van der Waals surface area contributed by atoms with E-state index in [9.17, 15) is 9.18 Å². The summed E-state index contributed by atoms with van der Waals surface area (Å²) in [5.74, 6) is -0.349. The molecule has 1 aliphatic rings. The van der Waals surface area contributed by atoms with Crippen LogP contribution in [0.15, 0.2) is 36.4 Å². The van der Waals surface area contributed by atoms with Gasteiger partial charge in [0.2, 0.25) is 5.63 Å². The van der Waals surface area contributed by atoms with Crippen LogP contribution in [0.1, 0.15) is 30.6 Å². The Bertz CT molecular complexity index is 1040. The molecule has 0 aliphatic carbocycles. The number of ether oxygens (including phenoxy) is 3. The van der Waals surface area contributed by atoms with Crippen LogP contribution in [0.2, 0.25) is 5.02 Å². The summed E-state index contributed by atoms with van der Waals surface area (Å²) < 4.78 is 30.9. The molecule has 11 heteroatoms. The molecule has 0 radical (unpaired) electrons. The summed E-state index contributed by atoms with van der Waals surface area (Å²) >= 11 is 12.3. The van der Waals surface area contributed by atoms with E-state index in [0.717, 1.165) is 5.46 Å². The largest absolute Gasteiger partial charge is 0.495 e. The Labute approximate surface area is 202 Å².